The molecule has 0 amide bonds. The number of hydrogen-bond donors (Lipinski definition) is 1. The second kappa shape index (κ2) is 3.78. The van der Waals surface area contributed by atoms with E-state index in [0.29, 0.717) is 11.4 Å². The predicted molar refractivity (Wildman–Crippen MR) is 53.4 cm³/mol. The third-order valence-electron chi connectivity index (χ3n) is 1.72. The molecule has 0 radical (unpaired) electrons. The Balaban J connectivity index is 2.82. The van der Waals surface area contributed by atoms with Gasteiger partial charge in [0.1, 0.15) is 5.54 Å². The highest BCUT2D eigenvalue weighted by Crippen LogP contribution is 2.14. The molecule has 0 aliphatic rings. The Kier molecular flexibility index (Phi) is 2.92. The number of halogens is 1. The number of nitrogens with zero attached hydrogens (tertiary/aromatic N) is 1. The van der Waals surface area contributed by atoms with Gasteiger partial charge in [-0.2, -0.15) is 5.26 Å². The van der Waals surface area contributed by atoms with Crippen LogP contribution in [0.2, 0.25) is 5.02 Å². The quantitative estimate of drug-likeness (QED) is 0.784. The van der Waals surface area contributed by atoms with Crippen molar-refractivity contribution in [3.63, 3.8) is 0 Å². The fourth-order valence-corrected chi connectivity index (χ4v) is 1.32. The van der Waals surface area contributed by atoms with E-state index in [1.54, 1.807) is 13.0 Å². The highest BCUT2D eigenvalue weighted by molar-refractivity contribution is 6.30. The molecule has 68 valence electrons. The Morgan fingerprint density at radius 2 is 2.31 bits per heavy atom. The highest BCUT2D eigenvalue weighted by atomic mass is 35.5. The van der Waals surface area contributed by atoms with E-state index in [-0.39, 0.29) is 0 Å². The summed E-state index contributed by atoms with van der Waals surface area (Å²) in [5.74, 6) is 0. The average molecular weight is 195 g/mol. The molecule has 0 saturated carbocycles. The molecule has 0 heterocycles. The van der Waals surface area contributed by atoms with Crippen LogP contribution in [0.5, 0.6) is 0 Å². The molecule has 0 bridgehead atoms. The number of hydrogen-bond acceptors (Lipinski definition) is 2. The van der Waals surface area contributed by atoms with E-state index in [9.17, 15) is 0 Å². The Hall–Kier alpha value is -1.04. The summed E-state index contributed by atoms with van der Waals surface area (Å²) < 4.78 is 0. The third-order valence-corrected chi connectivity index (χ3v) is 1.95. The Bertz CT molecular complexity index is 339. The predicted octanol–water partition coefficient (Wildman–Crippen LogP) is 2.12. The normalized spacial score (nSPS) is 14.6. The summed E-state index contributed by atoms with van der Waals surface area (Å²) in [5.41, 5.74) is 5.86. The van der Waals surface area contributed by atoms with Crippen molar-refractivity contribution in [3.8, 4) is 6.07 Å². The first-order chi connectivity index (χ1) is 6.03. The van der Waals surface area contributed by atoms with Crippen LogP contribution in [0.15, 0.2) is 24.3 Å². The van der Waals surface area contributed by atoms with Crippen LogP contribution in [0.4, 0.5) is 0 Å². The van der Waals surface area contributed by atoms with Gasteiger partial charge in [-0.1, -0.05) is 23.7 Å². The number of rotatable bonds is 2. The molecule has 1 aromatic carbocycles. The molecule has 0 fully saturated rings. The fourth-order valence-electron chi connectivity index (χ4n) is 1.11. The molecule has 0 aliphatic carbocycles. The first-order valence-corrected chi connectivity index (χ1v) is 4.36. The van der Waals surface area contributed by atoms with E-state index in [1.165, 1.54) is 0 Å². The van der Waals surface area contributed by atoms with Crippen LogP contribution in [0.1, 0.15) is 12.5 Å². The molecule has 0 aliphatic heterocycles. The van der Waals surface area contributed by atoms with Gasteiger partial charge in [-0.25, -0.2) is 0 Å². The minimum atomic E-state index is -0.815. The van der Waals surface area contributed by atoms with E-state index in [2.05, 4.69) is 0 Å². The first-order valence-electron chi connectivity index (χ1n) is 3.98. The van der Waals surface area contributed by atoms with Crippen molar-refractivity contribution in [3.05, 3.63) is 34.9 Å². The average Bonchev–Trinajstić information content (AvgIpc) is 2.03. The summed E-state index contributed by atoms with van der Waals surface area (Å²) >= 11 is 5.79. The molecule has 2 N–H and O–H groups in total. The van der Waals surface area contributed by atoms with Gasteiger partial charge in [0.2, 0.25) is 0 Å². The summed E-state index contributed by atoms with van der Waals surface area (Å²) in [5, 5.41) is 9.39. The van der Waals surface area contributed by atoms with Crippen molar-refractivity contribution in [2.75, 3.05) is 0 Å². The van der Waals surface area contributed by atoms with Gasteiger partial charge in [0.05, 0.1) is 6.07 Å². The summed E-state index contributed by atoms with van der Waals surface area (Å²) in [4.78, 5) is 0. The van der Waals surface area contributed by atoms with Gasteiger partial charge in [-0.15, -0.1) is 0 Å². The molecule has 1 atom stereocenters. The molecule has 3 heteroatoms. The second-order valence-corrected chi connectivity index (χ2v) is 3.77. The van der Waals surface area contributed by atoms with Crippen molar-refractivity contribution in [1.29, 1.82) is 5.26 Å². The van der Waals surface area contributed by atoms with Gasteiger partial charge in [0.25, 0.3) is 0 Å². The van der Waals surface area contributed by atoms with Gasteiger partial charge in [0.15, 0.2) is 0 Å². The Morgan fingerprint density at radius 1 is 1.62 bits per heavy atom. The third kappa shape index (κ3) is 3.06. The monoisotopic (exact) mass is 194 g/mol. The molecule has 2 nitrogen and oxygen atoms in total. The highest BCUT2D eigenvalue weighted by Gasteiger charge is 2.17. The van der Waals surface area contributed by atoms with Crippen molar-refractivity contribution in [2.45, 2.75) is 18.9 Å². The maximum atomic E-state index is 8.72. The maximum absolute atomic E-state index is 8.72. The lowest BCUT2D eigenvalue weighted by molar-refractivity contribution is 0.596. The van der Waals surface area contributed by atoms with E-state index >= 15 is 0 Å². The molecule has 0 aromatic heterocycles. The zero-order valence-corrected chi connectivity index (χ0v) is 8.17. The van der Waals surface area contributed by atoms with Crippen molar-refractivity contribution < 1.29 is 0 Å². The van der Waals surface area contributed by atoms with Crippen molar-refractivity contribution >= 4 is 11.6 Å². The van der Waals surface area contributed by atoms with Gasteiger partial charge >= 0.3 is 0 Å². The van der Waals surface area contributed by atoms with E-state index < -0.39 is 5.54 Å². The van der Waals surface area contributed by atoms with Crippen LogP contribution in [0.3, 0.4) is 0 Å². The summed E-state index contributed by atoms with van der Waals surface area (Å²) in [7, 11) is 0. The summed E-state index contributed by atoms with van der Waals surface area (Å²) in [6.07, 6.45) is 0.518. The van der Waals surface area contributed by atoms with Gasteiger partial charge in [-0.3, -0.25) is 0 Å². The molecule has 1 aromatic rings. The number of nitriles is 1. The number of nitrogens with two attached hydrogens (primary N) is 1. The van der Waals surface area contributed by atoms with E-state index in [0.717, 1.165) is 5.56 Å². The van der Waals surface area contributed by atoms with Crippen LogP contribution in [0.25, 0.3) is 0 Å². The van der Waals surface area contributed by atoms with Crippen molar-refractivity contribution in [1.82, 2.24) is 0 Å². The topological polar surface area (TPSA) is 49.8 Å². The largest absolute Gasteiger partial charge is 0.313 e. The molecule has 13 heavy (non-hydrogen) atoms. The zero-order chi connectivity index (χ0) is 9.90. The summed E-state index contributed by atoms with van der Waals surface area (Å²) in [6, 6.07) is 9.43. The second-order valence-electron chi connectivity index (χ2n) is 3.34. The van der Waals surface area contributed by atoms with Crippen LogP contribution >= 0.6 is 11.6 Å². The van der Waals surface area contributed by atoms with Crippen LogP contribution in [0, 0.1) is 11.3 Å². The van der Waals surface area contributed by atoms with Crippen molar-refractivity contribution in [2.24, 2.45) is 5.73 Å². The van der Waals surface area contributed by atoms with Gasteiger partial charge < -0.3 is 5.73 Å². The summed E-state index contributed by atoms with van der Waals surface area (Å²) in [6.45, 7) is 1.70. The minimum absolute atomic E-state index is 0.518. The smallest absolute Gasteiger partial charge is 0.105 e. The molecular weight excluding hydrogens is 184 g/mol. The SMILES string of the molecule is CC(N)(C#N)Cc1cccc(Cl)c1. The first kappa shape index (κ1) is 10.0. The Labute approximate surface area is 82.9 Å². The lowest BCUT2D eigenvalue weighted by Gasteiger charge is -2.14. The van der Waals surface area contributed by atoms with Crippen LogP contribution in [-0.4, -0.2) is 5.54 Å². The van der Waals surface area contributed by atoms with Gasteiger partial charge in [-0.05, 0) is 24.6 Å². The van der Waals surface area contributed by atoms with E-state index in [1.807, 2.05) is 24.3 Å². The standard InChI is InChI=1S/C10H11ClN2/c1-10(13,7-12)6-8-3-2-4-9(11)5-8/h2-5H,6,13H2,1H3. The molecule has 1 unspecified atom stereocenters. The zero-order valence-electron chi connectivity index (χ0n) is 7.42. The lowest BCUT2D eigenvalue weighted by Crippen LogP contribution is -2.36. The van der Waals surface area contributed by atoms with Crippen LogP contribution in [-0.2, 0) is 6.42 Å². The molecular formula is C10H11ClN2. The van der Waals surface area contributed by atoms with Gasteiger partial charge in [0, 0.05) is 11.4 Å². The lowest BCUT2D eigenvalue weighted by atomic mass is 9.96. The Morgan fingerprint density at radius 3 is 2.85 bits per heavy atom. The maximum Gasteiger partial charge on any atom is 0.105 e. The number of benzene rings is 1. The van der Waals surface area contributed by atoms with Crippen LogP contribution < -0.4 is 5.73 Å². The molecule has 1 rings (SSSR count). The molecule has 0 saturated heterocycles. The minimum Gasteiger partial charge on any atom is -0.313 e. The molecule has 0 spiro atoms. The van der Waals surface area contributed by atoms with E-state index in [4.69, 9.17) is 22.6 Å². The fraction of sp³-hybridized carbons (Fsp3) is 0.300.